The minimum atomic E-state index is -1.03. The Bertz CT molecular complexity index is 153. The van der Waals surface area contributed by atoms with E-state index in [1.54, 1.807) is 0 Å². The van der Waals surface area contributed by atoms with Crippen LogP contribution in [0.1, 0.15) is 20.8 Å². The van der Waals surface area contributed by atoms with Crippen LogP contribution in [0.4, 0.5) is 0 Å². The second kappa shape index (κ2) is 5.31. The summed E-state index contributed by atoms with van der Waals surface area (Å²) in [5, 5.41) is 0. The molecule has 0 aliphatic rings. The summed E-state index contributed by atoms with van der Waals surface area (Å²) in [4.78, 5) is 31.8. The Labute approximate surface area is 78.3 Å². The van der Waals surface area contributed by atoms with Crippen LogP contribution in [0, 0.1) is 5.92 Å². The maximum Gasteiger partial charge on any atom is 0.147 e. The van der Waals surface area contributed by atoms with Gasteiger partial charge in [0.1, 0.15) is 23.3 Å². The van der Waals surface area contributed by atoms with Gasteiger partial charge < -0.3 is 0 Å². The molecule has 0 amide bonds. The first kappa shape index (κ1) is 13.2. The van der Waals surface area contributed by atoms with Gasteiger partial charge in [0.05, 0.1) is 0 Å². The Kier molecular flexibility index (Phi) is 6.39. The van der Waals surface area contributed by atoms with E-state index in [4.69, 9.17) is 0 Å². The van der Waals surface area contributed by atoms with Gasteiger partial charge in [-0.1, -0.05) is 0 Å². The van der Waals surface area contributed by atoms with Crippen molar-refractivity contribution < 1.29 is 33.9 Å². The van der Waals surface area contributed by atoms with Crippen LogP contribution in [-0.4, -0.2) is 17.3 Å². The van der Waals surface area contributed by atoms with Crippen LogP contribution in [0.5, 0.6) is 0 Å². The third-order valence-electron chi connectivity index (χ3n) is 1.22. The van der Waals surface area contributed by atoms with E-state index < -0.39 is 5.92 Å². The van der Waals surface area contributed by atoms with Crippen molar-refractivity contribution in [2.75, 3.05) is 0 Å². The van der Waals surface area contributed by atoms with Gasteiger partial charge in [-0.3, -0.25) is 14.4 Å². The monoisotopic (exact) mass is 245 g/mol. The van der Waals surface area contributed by atoms with Gasteiger partial charge in [-0.2, -0.15) is 0 Å². The molecule has 0 N–H and O–H groups in total. The van der Waals surface area contributed by atoms with Crippen LogP contribution >= 0.6 is 0 Å². The van der Waals surface area contributed by atoms with Crippen LogP contribution < -0.4 is 0 Å². The molecule has 0 unspecified atom stereocenters. The quantitative estimate of drug-likeness (QED) is 0.533. The molecule has 0 aromatic rings. The average molecular weight is 245 g/mol. The SMILES string of the molecule is CC(=O)C(C(C)=O)C(C)=O.[Rh]. The molecule has 0 rings (SSSR count). The topological polar surface area (TPSA) is 51.2 Å². The second-order valence-electron chi connectivity index (χ2n) is 2.26. The van der Waals surface area contributed by atoms with Gasteiger partial charge in [0.25, 0.3) is 0 Å². The van der Waals surface area contributed by atoms with Gasteiger partial charge in [-0.15, -0.1) is 0 Å². The van der Waals surface area contributed by atoms with Crippen molar-refractivity contribution >= 4 is 17.3 Å². The summed E-state index contributed by atoms with van der Waals surface area (Å²) in [6.07, 6.45) is 0. The van der Waals surface area contributed by atoms with Gasteiger partial charge in [0.15, 0.2) is 0 Å². The van der Waals surface area contributed by atoms with Gasteiger partial charge >= 0.3 is 0 Å². The summed E-state index contributed by atoms with van der Waals surface area (Å²) in [6, 6.07) is 0. The number of rotatable bonds is 3. The van der Waals surface area contributed by atoms with E-state index in [1.807, 2.05) is 0 Å². The maximum atomic E-state index is 10.6. The molecule has 0 aliphatic heterocycles. The molecule has 3 nitrogen and oxygen atoms in total. The first-order valence-corrected chi connectivity index (χ1v) is 2.98. The van der Waals surface area contributed by atoms with Crippen molar-refractivity contribution in [3.05, 3.63) is 0 Å². The van der Waals surface area contributed by atoms with Crippen molar-refractivity contribution in [1.82, 2.24) is 0 Å². The Balaban J connectivity index is 0. The Morgan fingerprint density at radius 1 is 0.818 bits per heavy atom. The zero-order chi connectivity index (χ0) is 8.31. The van der Waals surface area contributed by atoms with Gasteiger partial charge in [0.2, 0.25) is 0 Å². The Hall–Kier alpha value is -0.367. The molecule has 0 spiro atoms. The number of ketones is 3. The van der Waals surface area contributed by atoms with Crippen molar-refractivity contribution in [2.24, 2.45) is 5.92 Å². The van der Waals surface area contributed by atoms with Crippen LogP contribution in [0.25, 0.3) is 0 Å². The zero-order valence-corrected chi connectivity index (χ0v) is 8.27. The van der Waals surface area contributed by atoms with Gasteiger partial charge in [-0.25, -0.2) is 0 Å². The van der Waals surface area contributed by atoms with E-state index in [9.17, 15) is 14.4 Å². The first-order valence-electron chi connectivity index (χ1n) is 2.98. The number of carbonyl (C=O) groups excluding carboxylic acids is 3. The summed E-state index contributed by atoms with van der Waals surface area (Å²) >= 11 is 0. The van der Waals surface area contributed by atoms with Crippen LogP contribution in [0.15, 0.2) is 0 Å². The van der Waals surface area contributed by atoms with Crippen molar-refractivity contribution in [3.63, 3.8) is 0 Å². The van der Waals surface area contributed by atoms with Gasteiger partial charge in [-0.05, 0) is 20.8 Å². The van der Waals surface area contributed by atoms with E-state index in [2.05, 4.69) is 0 Å². The maximum absolute atomic E-state index is 10.6. The number of hydrogen-bond acceptors (Lipinski definition) is 3. The smallest absolute Gasteiger partial charge is 0.147 e. The zero-order valence-electron chi connectivity index (χ0n) is 6.64. The molecule has 0 aliphatic carbocycles. The standard InChI is InChI=1S/C7H10O3.Rh/c1-4(8)7(5(2)9)6(3)10;/h7H,1-3H3;. The van der Waals surface area contributed by atoms with Crippen LogP contribution in [0.3, 0.4) is 0 Å². The predicted molar refractivity (Wildman–Crippen MR) is 35.5 cm³/mol. The molecule has 0 aromatic carbocycles. The largest absolute Gasteiger partial charge is 0.299 e. The molecule has 0 fully saturated rings. The van der Waals surface area contributed by atoms with Crippen LogP contribution in [-0.2, 0) is 33.9 Å². The molecule has 1 radical (unpaired) electrons. The number of Topliss-reactive ketones (excluding diaryl/α,β-unsaturated/α-hetero) is 3. The number of carbonyl (C=O) groups is 3. The molecular weight excluding hydrogens is 235 g/mol. The normalized spacial score (nSPS) is 8.73. The molecule has 0 saturated heterocycles. The van der Waals surface area contributed by atoms with Gasteiger partial charge in [0, 0.05) is 19.5 Å². The minimum Gasteiger partial charge on any atom is -0.299 e. The summed E-state index contributed by atoms with van der Waals surface area (Å²) in [7, 11) is 0. The van der Waals surface area contributed by atoms with E-state index in [-0.39, 0.29) is 36.8 Å². The predicted octanol–water partition coefficient (Wildman–Crippen LogP) is 0.367. The number of hydrogen-bond donors (Lipinski definition) is 0. The van der Waals surface area contributed by atoms with E-state index in [0.29, 0.717) is 0 Å². The molecular formula is C7H10O3Rh. The molecule has 0 saturated carbocycles. The minimum absolute atomic E-state index is 0. The fraction of sp³-hybridized carbons (Fsp3) is 0.571. The summed E-state index contributed by atoms with van der Waals surface area (Å²) < 4.78 is 0. The van der Waals surface area contributed by atoms with Crippen molar-refractivity contribution in [3.8, 4) is 0 Å². The summed E-state index contributed by atoms with van der Waals surface area (Å²) in [5.74, 6) is -2.15. The molecule has 0 aromatic heterocycles. The Morgan fingerprint density at radius 3 is 1.00 bits per heavy atom. The molecule has 0 heterocycles. The van der Waals surface area contributed by atoms with E-state index >= 15 is 0 Å². The molecule has 11 heavy (non-hydrogen) atoms. The molecule has 65 valence electrons. The summed E-state index contributed by atoms with van der Waals surface area (Å²) in [6.45, 7) is 3.73. The fourth-order valence-corrected chi connectivity index (χ4v) is 0.859. The van der Waals surface area contributed by atoms with E-state index in [0.717, 1.165) is 0 Å². The molecule has 0 atom stereocenters. The van der Waals surface area contributed by atoms with E-state index in [1.165, 1.54) is 20.8 Å². The first-order chi connectivity index (χ1) is 4.46. The Morgan fingerprint density at radius 2 is 1.00 bits per heavy atom. The second-order valence-corrected chi connectivity index (χ2v) is 2.26. The third kappa shape index (κ3) is 4.15. The van der Waals surface area contributed by atoms with Crippen molar-refractivity contribution in [1.29, 1.82) is 0 Å². The van der Waals surface area contributed by atoms with Crippen molar-refractivity contribution in [2.45, 2.75) is 20.8 Å². The fourth-order valence-electron chi connectivity index (χ4n) is 0.859. The summed E-state index contributed by atoms with van der Waals surface area (Å²) in [5.41, 5.74) is 0. The molecule has 4 heteroatoms. The average Bonchev–Trinajstić information content (AvgIpc) is 1.59. The third-order valence-corrected chi connectivity index (χ3v) is 1.22. The molecule has 0 bridgehead atoms. The van der Waals surface area contributed by atoms with Crippen LogP contribution in [0.2, 0.25) is 0 Å².